The summed E-state index contributed by atoms with van der Waals surface area (Å²) in [6, 6.07) is 0.133. The van der Waals surface area contributed by atoms with Crippen LogP contribution in [0.3, 0.4) is 0 Å². The highest BCUT2D eigenvalue weighted by Crippen LogP contribution is 2.31. The van der Waals surface area contributed by atoms with E-state index in [0.717, 1.165) is 13.0 Å². The molecule has 3 nitrogen and oxygen atoms in total. The number of carbonyl (C=O) groups excluding carboxylic acids is 1. The van der Waals surface area contributed by atoms with Crippen molar-refractivity contribution in [3.8, 4) is 0 Å². The summed E-state index contributed by atoms with van der Waals surface area (Å²) in [7, 11) is -0.860. The Kier molecular flexibility index (Phi) is 5.03. The van der Waals surface area contributed by atoms with E-state index in [2.05, 4.69) is 18.4 Å². The van der Waals surface area contributed by atoms with E-state index < -0.39 is 7.77 Å². The monoisotopic (exact) mass is 258 g/mol. The zero-order chi connectivity index (χ0) is 14.4. The molecule has 0 bridgehead atoms. The Hall–Kier alpha value is -0.255. The minimum absolute atomic E-state index is 0.0355. The summed E-state index contributed by atoms with van der Waals surface area (Å²) in [5.41, 5.74) is 0.346. The molecule has 1 aliphatic rings. The number of ketones is 1. The van der Waals surface area contributed by atoms with Gasteiger partial charge in [-0.1, -0.05) is 13.0 Å². The Labute approximate surface area is 112 Å². The van der Waals surface area contributed by atoms with Crippen molar-refractivity contribution < 1.29 is 8.98 Å². The molecule has 1 aliphatic heterocycles. The minimum atomic E-state index is -0.860. The van der Waals surface area contributed by atoms with Gasteiger partial charge in [0.2, 0.25) is 0 Å². The Bertz CT molecular complexity index is 320. The van der Waals surface area contributed by atoms with E-state index >= 15 is 0 Å². The van der Waals surface area contributed by atoms with Crippen LogP contribution in [0.1, 0.15) is 20.3 Å². The summed E-state index contributed by atoms with van der Waals surface area (Å²) < 4.78 is 19.6. The van der Waals surface area contributed by atoms with E-state index in [0.29, 0.717) is 12.3 Å². The summed E-state index contributed by atoms with van der Waals surface area (Å²) in [5, 5.41) is 0. The highest BCUT2D eigenvalue weighted by molar-refractivity contribution is 7.95. The molecule has 1 heterocycles. The molecule has 0 aromatic rings. The smallest absolute Gasteiger partial charge is 0.146 e. The molecule has 1 saturated heterocycles. The summed E-state index contributed by atoms with van der Waals surface area (Å²) in [6.45, 7) is 8.91. The fourth-order valence-corrected chi connectivity index (χ4v) is 2.92. The van der Waals surface area contributed by atoms with Crippen molar-refractivity contribution in [3.63, 3.8) is 0 Å². The molecule has 0 unspecified atom stereocenters. The van der Waals surface area contributed by atoms with Crippen LogP contribution in [0.5, 0.6) is 0 Å². The number of likely N-dealkylation sites (tertiary alicyclic amines) is 1. The van der Waals surface area contributed by atoms with Gasteiger partial charge in [-0.3, -0.25) is 9.69 Å². The molecule has 1 rings (SSSR count). The maximum absolute atomic E-state index is 11.7. The van der Waals surface area contributed by atoms with Gasteiger partial charge in [0.1, 0.15) is 13.6 Å². The summed E-state index contributed by atoms with van der Waals surface area (Å²) in [6.07, 6.45) is 2.69. The summed E-state index contributed by atoms with van der Waals surface area (Å²) >= 11 is 1.17. The molecule has 0 N–H and O–H groups in total. The van der Waals surface area contributed by atoms with Crippen LogP contribution in [-0.2, 0) is 8.98 Å². The first-order valence-electron chi connectivity index (χ1n) is 7.14. The van der Waals surface area contributed by atoms with Crippen molar-refractivity contribution in [1.29, 1.82) is 2.67 Å². The molecule has 3 atom stereocenters. The van der Waals surface area contributed by atoms with Crippen molar-refractivity contribution in [2.24, 2.45) is 5.92 Å². The molecule has 0 spiro atoms. The SMILES string of the molecule is [2H]B([3H])CSOC[C@@H]1C[C@H](C(C)=O)N(CC)[C@H]1C=C. The van der Waals surface area contributed by atoms with E-state index in [1.807, 2.05) is 6.08 Å². The first-order chi connectivity index (χ1) is 9.01. The molecule has 5 heteroatoms. The molecule has 0 amide bonds. The number of likely N-dealkylation sites (N-methyl/N-ethyl adjacent to an activating group) is 1. The van der Waals surface area contributed by atoms with E-state index in [1.165, 1.54) is 12.0 Å². The van der Waals surface area contributed by atoms with Gasteiger partial charge in [-0.05, 0) is 40.3 Å². The topological polar surface area (TPSA) is 29.5 Å². The number of nitrogens with zero attached hydrogens (tertiary/aromatic N) is 1. The van der Waals surface area contributed by atoms with Gasteiger partial charge in [-0.2, -0.15) is 0 Å². The van der Waals surface area contributed by atoms with Gasteiger partial charge >= 0.3 is 0 Å². The van der Waals surface area contributed by atoms with Crippen molar-refractivity contribution in [1.82, 2.24) is 4.90 Å². The third kappa shape index (κ3) is 3.60. The first kappa shape index (κ1) is 11.8. The van der Waals surface area contributed by atoms with E-state index in [9.17, 15) is 4.79 Å². The third-order valence-corrected chi connectivity index (χ3v) is 3.74. The van der Waals surface area contributed by atoms with Gasteiger partial charge in [0.05, 0.1) is 12.6 Å². The van der Waals surface area contributed by atoms with E-state index in [1.54, 1.807) is 6.92 Å². The molecule has 0 aromatic heterocycles. The molecule has 0 saturated carbocycles. The molecular weight excluding hydrogens is 233 g/mol. The van der Waals surface area contributed by atoms with Gasteiger partial charge in [-0.25, -0.2) is 0 Å². The van der Waals surface area contributed by atoms with Crippen molar-refractivity contribution in [2.45, 2.75) is 32.4 Å². The van der Waals surface area contributed by atoms with Gasteiger partial charge in [0.25, 0.3) is 0 Å². The molecule has 0 aliphatic carbocycles. The van der Waals surface area contributed by atoms with E-state index in [4.69, 9.17) is 6.85 Å². The maximum Gasteiger partial charge on any atom is 0.146 e. The van der Waals surface area contributed by atoms with Crippen molar-refractivity contribution >= 4 is 25.6 Å². The van der Waals surface area contributed by atoms with Gasteiger partial charge in [0.15, 0.2) is 0 Å². The molecule has 17 heavy (non-hydrogen) atoms. The van der Waals surface area contributed by atoms with Crippen LogP contribution in [0, 0.1) is 5.92 Å². The number of Topliss-reactive ketones (excluding diaryl/α,β-unsaturated/α-hetero) is 1. The molecule has 0 aromatic carbocycles. The second-order valence-corrected chi connectivity index (χ2v) is 5.05. The zero-order valence-corrected chi connectivity index (χ0v) is 11.4. The lowest BCUT2D eigenvalue weighted by molar-refractivity contribution is -0.121. The highest BCUT2D eigenvalue weighted by atomic mass is 32.2. The predicted molar refractivity (Wildman–Crippen MR) is 75.9 cm³/mol. The van der Waals surface area contributed by atoms with Crippen LogP contribution in [0.2, 0.25) is 0 Å². The van der Waals surface area contributed by atoms with Crippen LogP contribution in [0.25, 0.3) is 0 Å². The summed E-state index contributed by atoms with van der Waals surface area (Å²) in [4.78, 5) is 13.8. The Morgan fingerprint density at radius 1 is 1.94 bits per heavy atom. The van der Waals surface area contributed by atoms with Crippen LogP contribution in [0.15, 0.2) is 12.7 Å². The average Bonchev–Trinajstić information content (AvgIpc) is 2.72. The molecule has 1 fully saturated rings. The first-order valence-corrected chi connectivity index (χ1v) is 6.90. The third-order valence-electron chi connectivity index (χ3n) is 3.30. The molecule has 96 valence electrons. The Balaban J connectivity index is 2.53. The maximum atomic E-state index is 11.7. The van der Waals surface area contributed by atoms with Gasteiger partial charge < -0.3 is 4.18 Å². The van der Waals surface area contributed by atoms with Gasteiger partial charge in [0, 0.05) is 12.0 Å². The Morgan fingerprint density at radius 2 is 2.71 bits per heavy atom. The normalized spacial score (nSPS) is 30.8. The van der Waals surface area contributed by atoms with Crippen molar-refractivity contribution in [3.05, 3.63) is 12.7 Å². The fraction of sp³-hybridized carbons (Fsp3) is 0.750. The van der Waals surface area contributed by atoms with Crippen LogP contribution in [-0.4, -0.2) is 52.0 Å². The second kappa shape index (κ2) is 7.24. The standard InChI is InChI=1S/C12H22BNO2S/c1-4-11-10(7-16-17-8-13)6-12(9(3)15)14(11)5-2/h4,10-12H,1,5-8,13H2,2-3H3/t10-,11-,12+/m0/s1/i13TD. The highest BCUT2D eigenvalue weighted by Gasteiger charge is 2.40. The van der Waals surface area contributed by atoms with Gasteiger partial charge in [-0.15, -0.1) is 6.58 Å². The summed E-state index contributed by atoms with van der Waals surface area (Å²) in [5.74, 6) is 0.454. The number of rotatable bonds is 8. The second-order valence-electron chi connectivity index (χ2n) is 4.25. The number of hydrogen-bond donors (Lipinski definition) is 0. The largest absolute Gasteiger partial charge is 0.316 e. The fourth-order valence-electron chi connectivity index (χ4n) is 2.55. The lowest BCUT2D eigenvalue weighted by Crippen LogP contribution is -2.39. The predicted octanol–water partition coefficient (Wildman–Crippen LogP) is 1.10. The average molecular weight is 258 g/mol. The zero-order valence-electron chi connectivity index (χ0n) is 12.6. The lowest BCUT2D eigenvalue weighted by Gasteiger charge is -2.26. The van der Waals surface area contributed by atoms with Crippen LogP contribution < -0.4 is 0 Å². The quantitative estimate of drug-likeness (QED) is 0.282. The minimum Gasteiger partial charge on any atom is -0.316 e. The molecular formula is C12H22BNO2S. The molecule has 0 radical (unpaired) electrons. The van der Waals surface area contributed by atoms with Crippen LogP contribution in [0.4, 0.5) is 0 Å². The number of hydrogen-bond acceptors (Lipinski definition) is 4. The Morgan fingerprint density at radius 3 is 3.24 bits per heavy atom. The van der Waals surface area contributed by atoms with Crippen molar-refractivity contribution in [2.75, 3.05) is 18.8 Å². The number of carbonyl (C=O) groups is 1. The van der Waals surface area contributed by atoms with Crippen LogP contribution >= 0.6 is 12.0 Å². The lowest BCUT2D eigenvalue weighted by atomic mass is 9.99. The van der Waals surface area contributed by atoms with E-state index in [-0.39, 0.29) is 23.8 Å².